The smallest absolute Gasteiger partial charge is 0.234 e. The van der Waals surface area contributed by atoms with Gasteiger partial charge in [-0.15, -0.1) is 0 Å². The largest absolute Gasteiger partial charge is 0.457 e. The Balaban J connectivity index is 1.73. The summed E-state index contributed by atoms with van der Waals surface area (Å²) in [6, 6.07) is 9.28. The van der Waals surface area contributed by atoms with E-state index in [9.17, 15) is 4.79 Å². The van der Waals surface area contributed by atoms with Crippen LogP contribution in [0.25, 0.3) is 0 Å². The molecule has 0 saturated heterocycles. The third kappa shape index (κ3) is 3.43. The molecule has 0 aliphatic carbocycles. The van der Waals surface area contributed by atoms with Gasteiger partial charge in [-0.2, -0.15) is 0 Å². The van der Waals surface area contributed by atoms with Crippen molar-refractivity contribution in [1.29, 1.82) is 0 Å². The van der Waals surface area contributed by atoms with Gasteiger partial charge in [0, 0.05) is 41.9 Å². The first-order valence-corrected chi connectivity index (χ1v) is 8.88. The number of rotatable bonds is 3. The maximum Gasteiger partial charge on any atom is 0.234 e. The zero-order valence-corrected chi connectivity index (χ0v) is 15.1. The summed E-state index contributed by atoms with van der Waals surface area (Å²) in [5.74, 6) is 2.76. The van der Waals surface area contributed by atoms with Crippen LogP contribution in [0.5, 0.6) is 23.0 Å². The van der Waals surface area contributed by atoms with Gasteiger partial charge in [-0.05, 0) is 31.2 Å². The third-order valence-electron chi connectivity index (χ3n) is 4.33. The molecular formula is C19H19ClN2O4. The molecule has 2 aliphatic heterocycles. The average Bonchev–Trinajstić information content (AvgIpc) is 3.03. The summed E-state index contributed by atoms with van der Waals surface area (Å²) in [5, 5.41) is 3.48. The van der Waals surface area contributed by atoms with Gasteiger partial charge in [0.2, 0.25) is 12.7 Å². The Labute approximate surface area is 156 Å². The van der Waals surface area contributed by atoms with E-state index in [1.807, 2.05) is 31.2 Å². The van der Waals surface area contributed by atoms with E-state index in [0.717, 1.165) is 16.9 Å². The van der Waals surface area contributed by atoms with Crippen LogP contribution in [0.1, 0.15) is 18.1 Å². The standard InChI is InChI=1S/C19H19ClN2O4/c1-2-21-19(23)10-22-8-12-5-14(20)3-4-15(12)26-16-7-18-17(24-11-25-18)6-13(16)9-22/h3-7H,2,8-11H2,1H3,(H,21,23). The summed E-state index contributed by atoms with van der Waals surface area (Å²) in [7, 11) is 0. The maximum absolute atomic E-state index is 12.1. The van der Waals surface area contributed by atoms with Crippen LogP contribution in [0.2, 0.25) is 5.02 Å². The molecule has 0 spiro atoms. The second-order valence-electron chi connectivity index (χ2n) is 6.27. The van der Waals surface area contributed by atoms with E-state index >= 15 is 0 Å². The molecule has 26 heavy (non-hydrogen) atoms. The van der Waals surface area contributed by atoms with Crippen LogP contribution in [0.4, 0.5) is 0 Å². The first-order chi connectivity index (χ1) is 12.6. The number of carbonyl (C=O) groups excluding carboxylic acids is 1. The summed E-state index contributed by atoms with van der Waals surface area (Å²) < 4.78 is 17.1. The lowest BCUT2D eigenvalue weighted by Gasteiger charge is -2.27. The molecule has 0 unspecified atom stereocenters. The predicted molar refractivity (Wildman–Crippen MR) is 96.9 cm³/mol. The highest BCUT2D eigenvalue weighted by Gasteiger charge is 2.24. The first-order valence-electron chi connectivity index (χ1n) is 8.50. The summed E-state index contributed by atoms with van der Waals surface area (Å²) in [5.41, 5.74) is 1.88. The van der Waals surface area contributed by atoms with E-state index < -0.39 is 0 Å². The highest BCUT2D eigenvalue weighted by Crippen LogP contribution is 2.42. The van der Waals surface area contributed by atoms with Crippen LogP contribution < -0.4 is 19.5 Å². The lowest BCUT2D eigenvalue weighted by atomic mass is 10.1. The highest BCUT2D eigenvalue weighted by molar-refractivity contribution is 6.30. The Morgan fingerprint density at radius 1 is 1.08 bits per heavy atom. The molecule has 2 heterocycles. The Hall–Kier alpha value is -2.44. The summed E-state index contributed by atoms with van der Waals surface area (Å²) in [4.78, 5) is 14.2. The molecule has 0 bridgehead atoms. The van der Waals surface area contributed by atoms with Crippen LogP contribution in [-0.2, 0) is 17.9 Å². The van der Waals surface area contributed by atoms with E-state index in [0.29, 0.717) is 41.9 Å². The molecule has 4 rings (SSSR count). The number of hydrogen-bond acceptors (Lipinski definition) is 5. The number of fused-ring (bicyclic) bond motifs is 3. The Kier molecular flexibility index (Phi) is 4.61. The van der Waals surface area contributed by atoms with E-state index in [1.54, 1.807) is 6.07 Å². The summed E-state index contributed by atoms with van der Waals surface area (Å²) in [6.07, 6.45) is 0. The Bertz CT molecular complexity index is 856. The van der Waals surface area contributed by atoms with Crippen LogP contribution in [0.15, 0.2) is 30.3 Å². The van der Waals surface area contributed by atoms with Crippen LogP contribution >= 0.6 is 11.6 Å². The maximum atomic E-state index is 12.1. The summed E-state index contributed by atoms with van der Waals surface area (Å²) >= 11 is 6.16. The minimum atomic E-state index is -0.0140. The molecule has 6 nitrogen and oxygen atoms in total. The molecule has 1 amide bonds. The minimum absolute atomic E-state index is 0.0140. The van der Waals surface area contributed by atoms with E-state index in [2.05, 4.69) is 10.2 Å². The SMILES string of the molecule is CCNC(=O)CN1Cc2cc(Cl)ccc2Oc2cc3c(cc2C1)OCO3. The molecule has 0 saturated carbocycles. The van der Waals surface area contributed by atoms with Crippen LogP contribution in [0, 0.1) is 0 Å². The number of nitrogens with one attached hydrogen (secondary N) is 1. The molecule has 136 valence electrons. The van der Waals surface area contributed by atoms with Gasteiger partial charge in [0.25, 0.3) is 0 Å². The number of carbonyl (C=O) groups is 1. The normalized spacial score (nSPS) is 15.3. The molecule has 2 aromatic rings. The van der Waals surface area contributed by atoms with Crippen molar-refractivity contribution in [3.05, 3.63) is 46.5 Å². The zero-order chi connectivity index (χ0) is 18.1. The second kappa shape index (κ2) is 7.05. The molecule has 0 fully saturated rings. The second-order valence-corrected chi connectivity index (χ2v) is 6.70. The monoisotopic (exact) mass is 374 g/mol. The van der Waals surface area contributed by atoms with E-state index in [4.69, 9.17) is 25.8 Å². The quantitative estimate of drug-likeness (QED) is 0.893. The van der Waals surface area contributed by atoms with Gasteiger partial charge in [0.1, 0.15) is 11.5 Å². The van der Waals surface area contributed by atoms with Gasteiger partial charge >= 0.3 is 0 Å². The fourth-order valence-corrected chi connectivity index (χ4v) is 3.37. The molecule has 0 aromatic heterocycles. The molecule has 7 heteroatoms. The molecule has 2 aliphatic rings. The number of amides is 1. The van der Waals surface area contributed by atoms with E-state index in [1.165, 1.54) is 0 Å². The van der Waals surface area contributed by atoms with Gasteiger partial charge in [0.15, 0.2) is 11.5 Å². The van der Waals surface area contributed by atoms with Crippen molar-refractivity contribution < 1.29 is 19.0 Å². The number of hydrogen-bond donors (Lipinski definition) is 1. The topological polar surface area (TPSA) is 60.0 Å². The lowest BCUT2D eigenvalue weighted by Crippen LogP contribution is -2.37. The van der Waals surface area contributed by atoms with Crippen molar-refractivity contribution in [1.82, 2.24) is 10.2 Å². The van der Waals surface area contributed by atoms with Crippen molar-refractivity contribution in [2.75, 3.05) is 19.9 Å². The number of likely N-dealkylation sites (N-methyl/N-ethyl adjacent to an activating group) is 1. The fourth-order valence-electron chi connectivity index (χ4n) is 3.18. The van der Waals surface area contributed by atoms with Crippen LogP contribution in [-0.4, -0.2) is 30.7 Å². The number of benzene rings is 2. The van der Waals surface area contributed by atoms with Gasteiger partial charge in [-0.3, -0.25) is 9.69 Å². The van der Waals surface area contributed by atoms with Crippen molar-refractivity contribution in [2.45, 2.75) is 20.0 Å². The molecule has 1 N–H and O–H groups in total. The highest BCUT2D eigenvalue weighted by atomic mass is 35.5. The Morgan fingerprint density at radius 2 is 1.81 bits per heavy atom. The van der Waals surface area contributed by atoms with Gasteiger partial charge < -0.3 is 19.5 Å². The number of nitrogens with zero attached hydrogens (tertiary/aromatic N) is 1. The first kappa shape index (κ1) is 17.0. The lowest BCUT2D eigenvalue weighted by molar-refractivity contribution is -0.122. The van der Waals surface area contributed by atoms with Crippen molar-refractivity contribution in [3.63, 3.8) is 0 Å². The fraction of sp³-hybridized carbons (Fsp3) is 0.316. The van der Waals surface area contributed by atoms with Crippen molar-refractivity contribution in [3.8, 4) is 23.0 Å². The zero-order valence-electron chi connectivity index (χ0n) is 14.4. The predicted octanol–water partition coefficient (Wildman–Crippen LogP) is 3.31. The molecule has 0 radical (unpaired) electrons. The van der Waals surface area contributed by atoms with E-state index in [-0.39, 0.29) is 19.2 Å². The number of halogens is 1. The van der Waals surface area contributed by atoms with Crippen molar-refractivity contribution in [2.24, 2.45) is 0 Å². The molecular weight excluding hydrogens is 356 g/mol. The average molecular weight is 375 g/mol. The van der Waals surface area contributed by atoms with Crippen LogP contribution in [0.3, 0.4) is 0 Å². The van der Waals surface area contributed by atoms with Gasteiger partial charge in [-0.25, -0.2) is 0 Å². The number of ether oxygens (including phenoxy) is 3. The summed E-state index contributed by atoms with van der Waals surface area (Å²) in [6.45, 7) is 4.11. The van der Waals surface area contributed by atoms with Crippen molar-refractivity contribution >= 4 is 17.5 Å². The molecule has 0 atom stereocenters. The Morgan fingerprint density at radius 3 is 2.58 bits per heavy atom. The third-order valence-corrected chi connectivity index (χ3v) is 4.56. The minimum Gasteiger partial charge on any atom is -0.457 e. The van der Waals surface area contributed by atoms with Gasteiger partial charge in [-0.1, -0.05) is 11.6 Å². The van der Waals surface area contributed by atoms with Gasteiger partial charge in [0.05, 0.1) is 6.54 Å². The molecule has 2 aromatic carbocycles.